The predicted molar refractivity (Wildman–Crippen MR) is 117 cm³/mol. The summed E-state index contributed by atoms with van der Waals surface area (Å²) in [5.74, 6) is -1.37. The SMILES string of the molecule is CC(=O)N1CCO[C@@H](Cc2c(-c3c(F)cc(-c4ncn[nH]4)cc3F)nc3cc(Cl)ccn23)C1. The van der Waals surface area contributed by atoms with Crippen molar-refractivity contribution in [1.29, 1.82) is 0 Å². The minimum Gasteiger partial charge on any atom is -0.374 e. The third kappa shape index (κ3) is 4.07. The van der Waals surface area contributed by atoms with E-state index in [1.54, 1.807) is 27.6 Å². The normalized spacial score (nSPS) is 16.5. The zero-order valence-electron chi connectivity index (χ0n) is 17.6. The maximum atomic E-state index is 15.3. The zero-order chi connectivity index (χ0) is 23.1. The molecule has 8 nitrogen and oxygen atoms in total. The number of imidazole rings is 1. The van der Waals surface area contributed by atoms with E-state index in [4.69, 9.17) is 16.3 Å². The summed E-state index contributed by atoms with van der Waals surface area (Å²) in [6.07, 6.45) is 2.91. The molecule has 0 saturated carbocycles. The number of aromatic nitrogens is 5. The molecule has 0 aliphatic carbocycles. The number of H-pyrrole nitrogens is 1. The van der Waals surface area contributed by atoms with Gasteiger partial charge in [-0.1, -0.05) is 11.6 Å². The first kappa shape index (κ1) is 21.5. The molecule has 4 aromatic rings. The number of ether oxygens (including phenoxy) is 1. The van der Waals surface area contributed by atoms with Crippen LogP contribution in [0.25, 0.3) is 28.3 Å². The quantitative estimate of drug-likeness (QED) is 0.491. The number of pyridine rings is 1. The lowest BCUT2D eigenvalue weighted by atomic mass is 10.0. The number of halogens is 3. The van der Waals surface area contributed by atoms with Gasteiger partial charge in [-0.25, -0.2) is 18.7 Å². The number of hydrogen-bond donors (Lipinski definition) is 1. The van der Waals surface area contributed by atoms with Crippen molar-refractivity contribution >= 4 is 23.2 Å². The third-order valence-electron chi connectivity index (χ3n) is 5.66. The van der Waals surface area contributed by atoms with Crippen molar-refractivity contribution in [3.8, 4) is 22.6 Å². The molecule has 1 aliphatic rings. The molecule has 1 N–H and O–H groups in total. The number of rotatable bonds is 4. The van der Waals surface area contributed by atoms with Gasteiger partial charge in [0.05, 0.1) is 29.7 Å². The van der Waals surface area contributed by atoms with Gasteiger partial charge in [0.2, 0.25) is 5.91 Å². The fraction of sp³-hybridized carbons (Fsp3) is 0.273. The molecule has 0 radical (unpaired) electrons. The number of benzene rings is 1. The van der Waals surface area contributed by atoms with Crippen molar-refractivity contribution in [2.45, 2.75) is 19.4 Å². The number of nitrogens with zero attached hydrogens (tertiary/aromatic N) is 5. The fourth-order valence-corrected chi connectivity index (χ4v) is 4.24. The summed E-state index contributed by atoms with van der Waals surface area (Å²) in [4.78, 5) is 22.0. The Morgan fingerprint density at radius 1 is 1.30 bits per heavy atom. The zero-order valence-corrected chi connectivity index (χ0v) is 18.3. The Balaban J connectivity index is 1.61. The van der Waals surface area contributed by atoms with Gasteiger partial charge in [0.25, 0.3) is 0 Å². The van der Waals surface area contributed by atoms with Crippen molar-refractivity contribution in [2.75, 3.05) is 19.7 Å². The van der Waals surface area contributed by atoms with Gasteiger partial charge in [-0.05, 0) is 18.2 Å². The second kappa shape index (κ2) is 8.53. The molecular formula is C22H19ClF2N6O2. The molecule has 1 aromatic carbocycles. The van der Waals surface area contributed by atoms with Gasteiger partial charge in [0.1, 0.15) is 23.6 Å². The average Bonchev–Trinajstić information content (AvgIpc) is 3.42. The summed E-state index contributed by atoms with van der Waals surface area (Å²) >= 11 is 6.13. The van der Waals surface area contributed by atoms with Crippen LogP contribution in [0, 0.1) is 11.6 Å². The number of amides is 1. The summed E-state index contributed by atoms with van der Waals surface area (Å²) in [5.41, 5.74) is 1.13. The van der Waals surface area contributed by atoms with Gasteiger partial charge < -0.3 is 14.0 Å². The van der Waals surface area contributed by atoms with Crippen molar-refractivity contribution in [3.05, 3.63) is 59.1 Å². The highest BCUT2D eigenvalue weighted by atomic mass is 35.5. The van der Waals surface area contributed by atoms with Crippen LogP contribution in [-0.2, 0) is 16.0 Å². The number of fused-ring (bicyclic) bond motifs is 1. The molecule has 5 rings (SSSR count). The largest absolute Gasteiger partial charge is 0.374 e. The molecule has 33 heavy (non-hydrogen) atoms. The summed E-state index contributed by atoms with van der Waals surface area (Å²) in [5, 5.41) is 6.77. The van der Waals surface area contributed by atoms with Crippen molar-refractivity contribution in [1.82, 2.24) is 29.5 Å². The number of morpholine rings is 1. The van der Waals surface area contributed by atoms with Gasteiger partial charge in [-0.2, -0.15) is 5.10 Å². The number of carbonyl (C=O) groups excluding carboxylic acids is 1. The number of aromatic amines is 1. The van der Waals surface area contributed by atoms with Crippen molar-refractivity contribution in [2.24, 2.45) is 0 Å². The smallest absolute Gasteiger partial charge is 0.219 e. The molecule has 170 valence electrons. The minimum atomic E-state index is -0.785. The van der Waals surface area contributed by atoms with Gasteiger partial charge in [-0.15, -0.1) is 0 Å². The maximum absolute atomic E-state index is 15.3. The Hall–Kier alpha value is -3.37. The molecule has 1 atom stereocenters. The lowest BCUT2D eigenvalue weighted by Crippen LogP contribution is -2.45. The molecular weight excluding hydrogens is 454 g/mol. The summed E-state index contributed by atoms with van der Waals surface area (Å²) in [7, 11) is 0. The van der Waals surface area contributed by atoms with Crippen LogP contribution in [0.3, 0.4) is 0 Å². The predicted octanol–water partition coefficient (Wildman–Crippen LogP) is 3.51. The van der Waals surface area contributed by atoms with Crippen molar-refractivity contribution in [3.63, 3.8) is 0 Å². The van der Waals surface area contributed by atoms with Crippen LogP contribution in [0.5, 0.6) is 0 Å². The Bertz CT molecular complexity index is 1320. The van der Waals surface area contributed by atoms with Gasteiger partial charge in [0.15, 0.2) is 5.82 Å². The molecule has 1 saturated heterocycles. The fourth-order valence-electron chi connectivity index (χ4n) is 4.09. The molecule has 0 unspecified atom stereocenters. The van der Waals surface area contributed by atoms with Crippen LogP contribution >= 0.6 is 11.6 Å². The van der Waals surface area contributed by atoms with Gasteiger partial charge in [0, 0.05) is 49.3 Å². The average molecular weight is 473 g/mol. The standard InChI is InChI=1S/C22H19ClF2N6O2/c1-12(32)30-4-5-33-15(10-30)9-18-21(28-19-8-14(23)2-3-31(18)19)20-16(24)6-13(7-17(20)25)22-26-11-27-29-22/h2-3,6-8,11,15H,4-5,9-10H2,1H3,(H,26,27,29)/t15-/m0/s1. The Morgan fingerprint density at radius 3 is 2.79 bits per heavy atom. The number of nitrogens with one attached hydrogen (secondary N) is 1. The highest BCUT2D eigenvalue weighted by Gasteiger charge is 2.28. The van der Waals surface area contributed by atoms with E-state index in [1.807, 2.05) is 0 Å². The van der Waals surface area contributed by atoms with E-state index >= 15 is 8.78 Å². The first-order chi connectivity index (χ1) is 15.9. The van der Waals surface area contributed by atoms with Crippen molar-refractivity contribution < 1.29 is 18.3 Å². The van der Waals surface area contributed by atoms with Crippen LogP contribution in [0.2, 0.25) is 5.02 Å². The highest BCUT2D eigenvalue weighted by molar-refractivity contribution is 6.30. The lowest BCUT2D eigenvalue weighted by molar-refractivity contribution is -0.136. The minimum absolute atomic E-state index is 0.0476. The maximum Gasteiger partial charge on any atom is 0.219 e. The topological polar surface area (TPSA) is 88.4 Å². The molecule has 0 spiro atoms. The van der Waals surface area contributed by atoms with E-state index in [0.29, 0.717) is 42.5 Å². The second-order valence-electron chi connectivity index (χ2n) is 7.79. The third-order valence-corrected chi connectivity index (χ3v) is 5.89. The van der Waals surface area contributed by atoms with Crippen LogP contribution < -0.4 is 0 Å². The number of hydrogen-bond acceptors (Lipinski definition) is 5. The van der Waals surface area contributed by atoms with Crippen LogP contribution in [0.1, 0.15) is 12.6 Å². The molecule has 4 heterocycles. The van der Waals surface area contributed by atoms with Gasteiger partial charge in [-0.3, -0.25) is 9.89 Å². The van der Waals surface area contributed by atoms with Crippen LogP contribution in [-0.4, -0.2) is 61.2 Å². The van der Waals surface area contributed by atoms with E-state index in [-0.39, 0.29) is 34.7 Å². The number of carbonyl (C=O) groups is 1. The van der Waals surface area contributed by atoms with E-state index in [1.165, 1.54) is 25.4 Å². The van der Waals surface area contributed by atoms with E-state index < -0.39 is 11.6 Å². The molecule has 0 bridgehead atoms. The van der Waals surface area contributed by atoms with Crippen LogP contribution in [0.4, 0.5) is 8.78 Å². The van der Waals surface area contributed by atoms with E-state index in [2.05, 4.69) is 20.2 Å². The van der Waals surface area contributed by atoms with Crippen LogP contribution in [0.15, 0.2) is 36.8 Å². The van der Waals surface area contributed by atoms with E-state index in [0.717, 1.165) is 0 Å². The molecule has 1 fully saturated rings. The highest BCUT2D eigenvalue weighted by Crippen LogP contribution is 2.33. The van der Waals surface area contributed by atoms with Gasteiger partial charge >= 0.3 is 0 Å². The summed E-state index contributed by atoms with van der Waals surface area (Å²) in [6, 6.07) is 5.67. The van der Waals surface area contributed by atoms with E-state index in [9.17, 15) is 4.79 Å². The summed E-state index contributed by atoms with van der Waals surface area (Å²) in [6.45, 7) is 2.78. The molecule has 1 amide bonds. The lowest BCUT2D eigenvalue weighted by Gasteiger charge is -2.32. The molecule has 3 aromatic heterocycles. The summed E-state index contributed by atoms with van der Waals surface area (Å²) < 4.78 is 38.1. The Morgan fingerprint density at radius 2 is 2.09 bits per heavy atom. The molecule has 11 heteroatoms. The Labute approximate surface area is 192 Å². The first-order valence-electron chi connectivity index (χ1n) is 10.3. The first-order valence-corrected chi connectivity index (χ1v) is 10.7. The Kier molecular flexibility index (Phi) is 5.55. The second-order valence-corrected chi connectivity index (χ2v) is 8.23. The molecule has 1 aliphatic heterocycles. The monoisotopic (exact) mass is 472 g/mol.